The van der Waals surface area contributed by atoms with E-state index in [2.05, 4.69) is 26.9 Å². The molecule has 2 aromatic heterocycles. The van der Waals surface area contributed by atoms with E-state index in [0.717, 1.165) is 50.3 Å². The number of nitrogens with zero attached hydrogens (tertiary/aromatic N) is 4. The minimum atomic E-state index is -1.27. The number of carboxylic acid groups (broad SMARTS) is 1. The van der Waals surface area contributed by atoms with Crippen LogP contribution in [0.25, 0.3) is 28.0 Å². The van der Waals surface area contributed by atoms with Crippen LogP contribution in [0.3, 0.4) is 0 Å². The van der Waals surface area contributed by atoms with E-state index in [1.54, 1.807) is 4.57 Å². The van der Waals surface area contributed by atoms with Crippen molar-refractivity contribution in [1.82, 2.24) is 9.55 Å². The number of Topliss-reactive ketones (excluding diaryl/α,β-unsaturated/α-hetero) is 1. The van der Waals surface area contributed by atoms with Crippen molar-refractivity contribution in [3.63, 3.8) is 0 Å². The first-order valence-electron chi connectivity index (χ1n) is 13.9. The van der Waals surface area contributed by atoms with Gasteiger partial charge in [0.25, 0.3) is 6.01 Å². The highest BCUT2D eigenvalue weighted by atomic mass is 16.4. The fourth-order valence-electron chi connectivity index (χ4n) is 6.41. The van der Waals surface area contributed by atoms with Crippen LogP contribution in [-0.4, -0.2) is 52.6 Å². The van der Waals surface area contributed by atoms with Gasteiger partial charge in [0.2, 0.25) is 0 Å². The van der Waals surface area contributed by atoms with Crippen molar-refractivity contribution in [3.8, 4) is 16.9 Å². The molecule has 0 unspecified atom stereocenters. The van der Waals surface area contributed by atoms with E-state index < -0.39 is 11.4 Å². The summed E-state index contributed by atoms with van der Waals surface area (Å²) in [6.45, 7) is 3.74. The number of fused-ring (bicyclic) bond motifs is 1. The molecule has 1 spiro atoms. The van der Waals surface area contributed by atoms with E-state index in [1.165, 1.54) is 25.1 Å². The van der Waals surface area contributed by atoms with E-state index in [1.807, 2.05) is 30.3 Å². The summed E-state index contributed by atoms with van der Waals surface area (Å²) in [5.41, 5.74) is 3.85. The molecule has 204 valence electrons. The summed E-state index contributed by atoms with van der Waals surface area (Å²) in [7, 11) is 0. The van der Waals surface area contributed by atoms with Gasteiger partial charge in [0.1, 0.15) is 16.9 Å². The molecule has 3 fully saturated rings. The molecule has 1 aliphatic carbocycles. The molecular weight excluding hydrogens is 508 g/mol. The Hall–Kier alpha value is -4.40. The SMILES string of the molecule is O=C1CCC2(CC1)CN(c1nc3ccc(-n4cc(C(=O)O)c(=O)cc4-c4ccc(N5CCCC5)cc4)cc3o1)C2. The number of hydrogen-bond acceptors (Lipinski definition) is 7. The van der Waals surface area contributed by atoms with Crippen molar-refractivity contribution in [2.45, 2.75) is 38.5 Å². The molecule has 4 aromatic rings. The molecule has 1 saturated carbocycles. The second-order valence-corrected chi connectivity index (χ2v) is 11.4. The molecule has 2 aromatic carbocycles. The molecule has 0 bridgehead atoms. The topological polar surface area (TPSA) is 109 Å². The van der Waals surface area contributed by atoms with Crippen molar-refractivity contribution in [2.24, 2.45) is 5.41 Å². The van der Waals surface area contributed by atoms with Crippen LogP contribution in [0, 0.1) is 5.41 Å². The Kier molecular flexibility index (Phi) is 5.76. The second-order valence-electron chi connectivity index (χ2n) is 11.4. The Morgan fingerprint density at radius 3 is 2.30 bits per heavy atom. The van der Waals surface area contributed by atoms with E-state index in [9.17, 15) is 19.5 Å². The fraction of sp³-hybridized carbons (Fsp3) is 0.355. The number of carbonyl (C=O) groups is 2. The minimum absolute atomic E-state index is 0.183. The Morgan fingerprint density at radius 2 is 1.60 bits per heavy atom. The predicted molar refractivity (Wildman–Crippen MR) is 152 cm³/mol. The molecule has 2 saturated heterocycles. The molecule has 2 aliphatic heterocycles. The highest BCUT2D eigenvalue weighted by molar-refractivity contribution is 5.88. The van der Waals surface area contributed by atoms with Gasteiger partial charge in [-0.25, -0.2) is 4.79 Å². The molecule has 0 amide bonds. The van der Waals surface area contributed by atoms with E-state index in [0.29, 0.717) is 47.1 Å². The summed E-state index contributed by atoms with van der Waals surface area (Å²) >= 11 is 0. The monoisotopic (exact) mass is 538 g/mol. The maximum atomic E-state index is 12.7. The van der Waals surface area contributed by atoms with Crippen LogP contribution in [0.15, 0.2) is 63.9 Å². The molecule has 0 atom stereocenters. The van der Waals surface area contributed by atoms with Gasteiger partial charge in [-0.2, -0.15) is 4.98 Å². The summed E-state index contributed by atoms with van der Waals surface area (Å²) in [5.74, 6) is -0.914. The van der Waals surface area contributed by atoms with Crippen molar-refractivity contribution >= 4 is 34.6 Å². The van der Waals surface area contributed by atoms with Gasteiger partial charge in [0.05, 0.1) is 5.69 Å². The quantitative estimate of drug-likeness (QED) is 0.383. The average Bonchev–Trinajstić information content (AvgIpc) is 3.62. The molecule has 1 N–H and O–H groups in total. The Morgan fingerprint density at radius 1 is 0.900 bits per heavy atom. The van der Waals surface area contributed by atoms with Crippen LogP contribution < -0.4 is 15.2 Å². The zero-order chi connectivity index (χ0) is 27.4. The van der Waals surface area contributed by atoms with Crippen LogP contribution >= 0.6 is 0 Å². The maximum Gasteiger partial charge on any atom is 0.341 e. The van der Waals surface area contributed by atoms with Gasteiger partial charge < -0.3 is 23.9 Å². The van der Waals surface area contributed by atoms with Gasteiger partial charge in [0.15, 0.2) is 11.0 Å². The predicted octanol–water partition coefficient (Wildman–Crippen LogP) is 4.89. The third-order valence-corrected chi connectivity index (χ3v) is 8.75. The average molecular weight is 539 g/mol. The number of pyridine rings is 1. The summed E-state index contributed by atoms with van der Waals surface area (Å²) in [4.78, 5) is 45.4. The van der Waals surface area contributed by atoms with Crippen molar-refractivity contribution in [1.29, 1.82) is 0 Å². The number of rotatable bonds is 5. The lowest BCUT2D eigenvalue weighted by molar-refractivity contribution is -0.122. The molecule has 7 rings (SSSR count). The number of aromatic carboxylic acids is 1. The number of benzene rings is 2. The molecular formula is C31H30N4O5. The molecule has 0 radical (unpaired) electrons. The van der Waals surface area contributed by atoms with Crippen LogP contribution in [0.2, 0.25) is 0 Å². The lowest BCUT2D eigenvalue weighted by Crippen LogP contribution is -2.58. The first kappa shape index (κ1) is 24.6. The minimum Gasteiger partial charge on any atom is -0.477 e. The zero-order valence-corrected chi connectivity index (χ0v) is 22.1. The van der Waals surface area contributed by atoms with Crippen LogP contribution in [0.4, 0.5) is 11.7 Å². The van der Waals surface area contributed by atoms with Gasteiger partial charge in [-0.15, -0.1) is 0 Å². The van der Waals surface area contributed by atoms with Gasteiger partial charge in [0, 0.05) is 74.1 Å². The standard InChI is InChI=1S/C31H30N4O5/c36-23-9-11-31(12-10-23)18-34(19-31)30-32-25-8-7-22(15-28(25)40-30)35-17-24(29(38)39)27(37)16-26(35)20-3-5-21(6-4-20)33-13-1-2-14-33/h3-8,15-17H,1-2,9-14,18-19H2,(H,38,39). The van der Waals surface area contributed by atoms with E-state index in [4.69, 9.17) is 4.42 Å². The number of carbonyl (C=O) groups excluding carboxylic acids is 1. The fourth-order valence-corrected chi connectivity index (χ4v) is 6.41. The van der Waals surface area contributed by atoms with Gasteiger partial charge >= 0.3 is 5.97 Å². The summed E-state index contributed by atoms with van der Waals surface area (Å²) in [6.07, 6.45) is 6.92. The number of hydrogen-bond donors (Lipinski definition) is 1. The Bertz CT molecular complexity index is 1680. The van der Waals surface area contributed by atoms with Crippen LogP contribution in [0.5, 0.6) is 0 Å². The first-order valence-corrected chi connectivity index (χ1v) is 13.9. The van der Waals surface area contributed by atoms with E-state index in [-0.39, 0.29) is 11.0 Å². The molecule has 40 heavy (non-hydrogen) atoms. The smallest absolute Gasteiger partial charge is 0.341 e. The van der Waals surface area contributed by atoms with Crippen molar-refractivity contribution in [3.05, 3.63) is 70.5 Å². The largest absolute Gasteiger partial charge is 0.477 e. The third kappa shape index (κ3) is 4.26. The highest BCUT2D eigenvalue weighted by Gasteiger charge is 2.46. The molecule has 9 heteroatoms. The number of carboxylic acids is 1. The Labute approximate surface area is 230 Å². The normalized spacial score (nSPS) is 18.4. The molecule has 4 heterocycles. The number of anilines is 2. The number of aromatic nitrogens is 2. The second kappa shape index (κ2) is 9.36. The van der Waals surface area contributed by atoms with E-state index >= 15 is 0 Å². The number of oxazole rings is 1. The summed E-state index contributed by atoms with van der Waals surface area (Å²) in [6, 6.07) is 15.5. The van der Waals surface area contributed by atoms with Gasteiger partial charge in [-0.1, -0.05) is 12.1 Å². The van der Waals surface area contributed by atoms with Crippen molar-refractivity contribution in [2.75, 3.05) is 36.0 Å². The molecule has 3 aliphatic rings. The lowest BCUT2D eigenvalue weighted by Gasteiger charge is -2.51. The summed E-state index contributed by atoms with van der Waals surface area (Å²) < 4.78 is 7.89. The summed E-state index contributed by atoms with van der Waals surface area (Å²) in [5, 5.41) is 9.67. The van der Waals surface area contributed by atoms with Gasteiger partial charge in [-0.3, -0.25) is 9.59 Å². The highest BCUT2D eigenvalue weighted by Crippen LogP contribution is 2.45. The Balaban J connectivity index is 1.22. The van der Waals surface area contributed by atoms with Gasteiger partial charge in [-0.05, 0) is 55.5 Å². The van der Waals surface area contributed by atoms with Crippen LogP contribution in [0.1, 0.15) is 48.9 Å². The first-order chi connectivity index (χ1) is 19.4. The van der Waals surface area contributed by atoms with Crippen LogP contribution in [-0.2, 0) is 4.79 Å². The molecule has 9 nitrogen and oxygen atoms in total. The van der Waals surface area contributed by atoms with Crippen molar-refractivity contribution < 1.29 is 19.1 Å². The third-order valence-electron chi connectivity index (χ3n) is 8.75. The maximum absolute atomic E-state index is 12.7. The zero-order valence-electron chi connectivity index (χ0n) is 22.1. The number of ketones is 1. The lowest BCUT2D eigenvalue weighted by atomic mass is 9.68.